The number of aliphatic hydroxyl groups is 2. The van der Waals surface area contributed by atoms with Gasteiger partial charge in [0, 0.05) is 13.1 Å². The van der Waals surface area contributed by atoms with Gasteiger partial charge >= 0.3 is 0 Å². The number of aliphatic hydroxyl groups excluding tert-OH is 2. The summed E-state index contributed by atoms with van der Waals surface area (Å²) < 4.78 is 16.4. The predicted octanol–water partition coefficient (Wildman–Crippen LogP) is 1.98. The summed E-state index contributed by atoms with van der Waals surface area (Å²) in [6, 6.07) is 11.5. The molecule has 1 aromatic heterocycles. The Bertz CT molecular complexity index is 1020. The molecule has 1 saturated heterocycles. The molecule has 8 heteroatoms. The van der Waals surface area contributed by atoms with Crippen LogP contribution in [-0.4, -0.2) is 58.4 Å². The Labute approximate surface area is 167 Å². The number of oxazole rings is 1. The summed E-state index contributed by atoms with van der Waals surface area (Å²) in [5.74, 6) is 1.34. The van der Waals surface area contributed by atoms with Crippen molar-refractivity contribution in [3.63, 3.8) is 0 Å². The molecule has 29 heavy (non-hydrogen) atoms. The molecular formula is C21H22N2O6. The summed E-state index contributed by atoms with van der Waals surface area (Å²) in [6.45, 7) is 0.500. The monoisotopic (exact) mass is 398 g/mol. The largest absolute Gasteiger partial charge is 0.497 e. The van der Waals surface area contributed by atoms with Gasteiger partial charge in [-0.1, -0.05) is 12.1 Å². The average Bonchev–Trinajstić information content (AvgIpc) is 3.22. The third-order valence-electron chi connectivity index (χ3n) is 4.99. The summed E-state index contributed by atoms with van der Waals surface area (Å²) in [6.07, 6.45) is -0.145. The van der Waals surface area contributed by atoms with E-state index in [0.29, 0.717) is 18.7 Å². The Morgan fingerprint density at radius 1 is 1.17 bits per heavy atom. The number of rotatable bonds is 5. The van der Waals surface area contributed by atoms with E-state index in [2.05, 4.69) is 4.98 Å². The summed E-state index contributed by atoms with van der Waals surface area (Å²) in [5, 5.41) is 21.4. The number of hydrogen-bond donors (Lipinski definition) is 2. The first-order valence-electron chi connectivity index (χ1n) is 9.34. The summed E-state index contributed by atoms with van der Waals surface area (Å²) in [7, 11) is 1.62. The first kappa shape index (κ1) is 19.2. The summed E-state index contributed by atoms with van der Waals surface area (Å²) in [5.41, 5.74) is 0.149. The molecule has 0 aliphatic carbocycles. The minimum Gasteiger partial charge on any atom is -0.497 e. The Hall–Kier alpha value is -3.10. The van der Waals surface area contributed by atoms with Gasteiger partial charge in [0.1, 0.15) is 17.8 Å². The van der Waals surface area contributed by atoms with E-state index >= 15 is 0 Å². The van der Waals surface area contributed by atoms with Gasteiger partial charge in [0.15, 0.2) is 12.3 Å². The highest BCUT2D eigenvalue weighted by atomic mass is 16.5. The van der Waals surface area contributed by atoms with Crippen molar-refractivity contribution in [2.45, 2.75) is 25.2 Å². The zero-order valence-corrected chi connectivity index (χ0v) is 15.9. The van der Waals surface area contributed by atoms with Gasteiger partial charge in [0.2, 0.25) is 5.89 Å². The molecule has 4 rings (SSSR count). The number of ether oxygens (including phenoxy) is 2. The zero-order valence-electron chi connectivity index (χ0n) is 15.9. The molecule has 1 fully saturated rings. The topological polar surface area (TPSA) is 105 Å². The SMILES string of the molecule is COc1ccc2ccc(OCc3nc(C(=O)N4CC[C@@H](O)[C@H](O)C4)co3)cc2c1. The molecule has 0 saturated carbocycles. The van der Waals surface area contributed by atoms with Crippen LogP contribution in [0.1, 0.15) is 22.8 Å². The number of carbonyl (C=O) groups excluding carboxylic acids is 1. The standard InChI is InChI=1S/C21H22N2O6/c1-27-15-4-2-13-3-5-16(9-14(13)8-15)28-12-20-22-17(11-29-20)21(26)23-7-6-18(24)19(25)10-23/h2-5,8-9,11,18-19,24-25H,6-7,10,12H2,1H3/t18-,19-/m1/s1. The minimum absolute atomic E-state index is 0.0687. The van der Waals surface area contributed by atoms with Crippen LogP contribution < -0.4 is 9.47 Å². The van der Waals surface area contributed by atoms with Crippen LogP contribution in [0.15, 0.2) is 47.1 Å². The zero-order chi connectivity index (χ0) is 20.4. The third-order valence-corrected chi connectivity index (χ3v) is 4.99. The van der Waals surface area contributed by atoms with Crippen LogP contribution >= 0.6 is 0 Å². The lowest BCUT2D eigenvalue weighted by atomic mass is 10.0. The smallest absolute Gasteiger partial charge is 0.275 e. The molecule has 2 heterocycles. The molecular weight excluding hydrogens is 376 g/mol. The van der Waals surface area contributed by atoms with Gasteiger partial charge in [-0.05, 0) is 41.5 Å². The van der Waals surface area contributed by atoms with E-state index in [4.69, 9.17) is 13.9 Å². The van der Waals surface area contributed by atoms with Crippen LogP contribution in [0.25, 0.3) is 10.8 Å². The number of nitrogens with zero attached hydrogens (tertiary/aromatic N) is 2. The molecule has 0 spiro atoms. The van der Waals surface area contributed by atoms with E-state index < -0.39 is 12.2 Å². The second-order valence-corrected chi connectivity index (χ2v) is 6.96. The number of hydrogen-bond acceptors (Lipinski definition) is 7. The Balaban J connectivity index is 1.40. The Morgan fingerprint density at radius 2 is 1.93 bits per heavy atom. The van der Waals surface area contributed by atoms with Gasteiger partial charge in [0.25, 0.3) is 5.91 Å². The lowest BCUT2D eigenvalue weighted by molar-refractivity contribution is -0.0323. The van der Waals surface area contributed by atoms with Gasteiger partial charge in [0.05, 0.1) is 19.3 Å². The molecule has 2 N–H and O–H groups in total. The lowest BCUT2D eigenvalue weighted by Gasteiger charge is -2.32. The quantitative estimate of drug-likeness (QED) is 0.677. The van der Waals surface area contributed by atoms with Crippen LogP contribution in [0.4, 0.5) is 0 Å². The van der Waals surface area contributed by atoms with Gasteiger partial charge < -0.3 is 29.0 Å². The number of amides is 1. The molecule has 1 aliphatic rings. The molecule has 1 amide bonds. The highest BCUT2D eigenvalue weighted by Crippen LogP contribution is 2.25. The summed E-state index contributed by atoms with van der Waals surface area (Å²) in [4.78, 5) is 18.1. The Kier molecular flexibility index (Phi) is 5.37. The first-order valence-corrected chi connectivity index (χ1v) is 9.34. The van der Waals surface area contributed by atoms with Crippen molar-refractivity contribution in [2.24, 2.45) is 0 Å². The maximum absolute atomic E-state index is 12.5. The van der Waals surface area contributed by atoms with Crippen molar-refractivity contribution in [1.82, 2.24) is 9.88 Å². The maximum Gasteiger partial charge on any atom is 0.275 e. The molecule has 0 unspecified atom stereocenters. The van der Waals surface area contributed by atoms with Crippen LogP contribution in [0, 0.1) is 0 Å². The maximum atomic E-state index is 12.5. The van der Waals surface area contributed by atoms with Crippen molar-refractivity contribution >= 4 is 16.7 Å². The Morgan fingerprint density at radius 3 is 2.69 bits per heavy atom. The van der Waals surface area contributed by atoms with Crippen molar-refractivity contribution < 1.29 is 28.9 Å². The molecule has 1 aliphatic heterocycles. The predicted molar refractivity (Wildman–Crippen MR) is 104 cm³/mol. The lowest BCUT2D eigenvalue weighted by Crippen LogP contribution is -2.49. The normalized spacial score (nSPS) is 19.3. The number of methoxy groups -OCH3 is 1. The van der Waals surface area contributed by atoms with Gasteiger partial charge in [-0.25, -0.2) is 4.98 Å². The number of benzene rings is 2. The van der Waals surface area contributed by atoms with Crippen molar-refractivity contribution in [3.05, 3.63) is 54.2 Å². The number of aromatic nitrogens is 1. The van der Waals surface area contributed by atoms with Crippen LogP contribution in [0.2, 0.25) is 0 Å². The molecule has 8 nitrogen and oxygen atoms in total. The third kappa shape index (κ3) is 4.18. The second kappa shape index (κ2) is 8.10. The highest BCUT2D eigenvalue weighted by Gasteiger charge is 2.30. The highest BCUT2D eigenvalue weighted by molar-refractivity contribution is 5.92. The van der Waals surface area contributed by atoms with Crippen molar-refractivity contribution in [3.8, 4) is 11.5 Å². The fourth-order valence-corrected chi connectivity index (χ4v) is 3.31. The molecule has 152 valence electrons. The molecule has 0 radical (unpaired) electrons. The van der Waals surface area contributed by atoms with Gasteiger partial charge in [-0.3, -0.25) is 4.79 Å². The fourth-order valence-electron chi connectivity index (χ4n) is 3.31. The van der Waals surface area contributed by atoms with Crippen molar-refractivity contribution in [2.75, 3.05) is 20.2 Å². The molecule has 2 atom stereocenters. The van der Waals surface area contributed by atoms with Crippen LogP contribution in [-0.2, 0) is 6.61 Å². The summed E-state index contributed by atoms with van der Waals surface area (Å²) >= 11 is 0. The van der Waals surface area contributed by atoms with E-state index in [0.717, 1.165) is 16.5 Å². The van der Waals surface area contributed by atoms with E-state index in [9.17, 15) is 15.0 Å². The van der Waals surface area contributed by atoms with Crippen LogP contribution in [0.5, 0.6) is 11.5 Å². The average molecular weight is 398 g/mol. The van der Waals surface area contributed by atoms with E-state index in [-0.39, 0.29) is 30.6 Å². The second-order valence-electron chi connectivity index (χ2n) is 6.96. The van der Waals surface area contributed by atoms with Crippen LogP contribution in [0.3, 0.4) is 0 Å². The van der Waals surface area contributed by atoms with Gasteiger partial charge in [-0.15, -0.1) is 0 Å². The molecule has 2 aromatic carbocycles. The van der Waals surface area contributed by atoms with E-state index in [1.54, 1.807) is 7.11 Å². The number of β-amino-alcohol motifs (C(OH)–C–C–N with tert-alkyl or cyclic N) is 1. The number of carbonyl (C=O) groups is 1. The molecule has 0 bridgehead atoms. The van der Waals surface area contributed by atoms with Gasteiger partial charge in [-0.2, -0.15) is 0 Å². The van der Waals surface area contributed by atoms with E-state index in [1.807, 2.05) is 36.4 Å². The number of likely N-dealkylation sites (tertiary alicyclic amines) is 1. The fraction of sp³-hybridized carbons (Fsp3) is 0.333. The molecule has 3 aromatic rings. The van der Waals surface area contributed by atoms with Crippen molar-refractivity contribution in [1.29, 1.82) is 0 Å². The number of piperidine rings is 1. The minimum atomic E-state index is -0.950. The first-order chi connectivity index (χ1) is 14.0. The van der Waals surface area contributed by atoms with E-state index in [1.165, 1.54) is 11.2 Å². The number of fused-ring (bicyclic) bond motifs is 1.